The average Bonchev–Trinajstić information content (AvgIpc) is 2.71. The SMILES string of the molecule is CN(C)c1ccc(/C=C(\C#N)C(=O)Nc2ccc3c(c2)OCCO3)cc1[N+](=O)[O-]. The van der Waals surface area contributed by atoms with Gasteiger partial charge in [-0.3, -0.25) is 14.9 Å². The van der Waals surface area contributed by atoms with Gasteiger partial charge in [0.1, 0.15) is 30.5 Å². The van der Waals surface area contributed by atoms with Crippen LogP contribution in [0.4, 0.5) is 17.1 Å². The molecule has 0 radical (unpaired) electrons. The molecular formula is C20H18N4O5. The number of nitriles is 1. The van der Waals surface area contributed by atoms with Gasteiger partial charge in [-0.2, -0.15) is 5.26 Å². The Bertz CT molecular complexity index is 1040. The minimum Gasteiger partial charge on any atom is -0.486 e. The number of benzene rings is 2. The lowest BCUT2D eigenvalue weighted by molar-refractivity contribution is -0.384. The number of carbonyl (C=O) groups is 1. The molecule has 0 spiro atoms. The Morgan fingerprint density at radius 2 is 1.93 bits per heavy atom. The van der Waals surface area contributed by atoms with Crippen LogP contribution in [-0.2, 0) is 4.79 Å². The van der Waals surface area contributed by atoms with Gasteiger partial charge in [0, 0.05) is 31.9 Å². The van der Waals surface area contributed by atoms with E-state index in [1.165, 1.54) is 12.1 Å². The van der Waals surface area contributed by atoms with Crippen molar-refractivity contribution in [2.75, 3.05) is 37.5 Å². The second-order valence-corrected chi connectivity index (χ2v) is 6.38. The predicted octanol–water partition coefficient (Wildman–Crippen LogP) is 2.98. The first kappa shape index (κ1) is 19.7. The van der Waals surface area contributed by atoms with Gasteiger partial charge in [0.2, 0.25) is 0 Å². The van der Waals surface area contributed by atoms with Gasteiger partial charge in [-0.15, -0.1) is 0 Å². The van der Waals surface area contributed by atoms with Crippen LogP contribution in [0.2, 0.25) is 0 Å². The third kappa shape index (κ3) is 4.44. The van der Waals surface area contributed by atoms with E-state index in [4.69, 9.17) is 9.47 Å². The second-order valence-electron chi connectivity index (χ2n) is 6.38. The van der Waals surface area contributed by atoms with E-state index in [1.807, 2.05) is 6.07 Å². The molecule has 9 nitrogen and oxygen atoms in total. The largest absolute Gasteiger partial charge is 0.486 e. The molecule has 1 amide bonds. The molecule has 1 aliphatic rings. The van der Waals surface area contributed by atoms with Crippen LogP contribution in [0.1, 0.15) is 5.56 Å². The van der Waals surface area contributed by atoms with Crippen molar-refractivity contribution in [2.45, 2.75) is 0 Å². The third-order valence-electron chi connectivity index (χ3n) is 4.15. The molecule has 148 valence electrons. The molecule has 0 unspecified atom stereocenters. The third-order valence-corrected chi connectivity index (χ3v) is 4.15. The highest BCUT2D eigenvalue weighted by Crippen LogP contribution is 2.33. The normalized spacial score (nSPS) is 12.7. The summed E-state index contributed by atoms with van der Waals surface area (Å²) in [6.45, 7) is 0.869. The number of hydrogen-bond donors (Lipinski definition) is 1. The maximum absolute atomic E-state index is 12.5. The average molecular weight is 394 g/mol. The molecular weight excluding hydrogens is 376 g/mol. The number of nitro benzene ring substituents is 1. The zero-order valence-electron chi connectivity index (χ0n) is 15.8. The highest BCUT2D eigenvalue weighted by atomic mass is 16.6. The number of nitrogens with one attached hydrogen (secondary N) is 1. The summed E-state index contributed by atoms with van der Waals surface area (Å²) in [4.78, 5) is 24.9. The molecule has 9 heteroatoms. The van der Waals surface area contributed by atoms with E-state index in [-0.39, 0.29) is 11.3 Å². The molecule has 0 saturated heterocycles. The Morgan fingerprint density at radius 1 is 1.21 bits per heavy atom. The quantitative estimate of drug-likeness (QED) is 0.358. The van der Waals surface area contributed by atoms with Crippen molar-refractivity contribution in [3.8, 4) is 17.6 Å². The zero-order valence-corrected chi connectivity index (χ0v) is 15.8. The van der Waals surface area contributed by atoms with Crippen molar-refractivity contribution in [3.05, 3.63) is 57.6 Å². The molecule has 1 aliphatic heterocycles. The number of carbonyl (C=O) groups excluding carboxylic acids is 1. The number of fused-ring (bicyclic) bond motifs is 1. The summed E-state index contributed by atoms with van der Waals surface area (Å²) in [7, 11) is 3.39. The van der Waals surface area contributed by atoms with Crippen LogP contribution in [0.3, 0.4) is 0 Å². The first-order chi connectivity index (χ1) is 13.9. The Morgan fingerprint density at radius 3 is 2.59 bits per heavy atom. The molecule has 1 N–H and O–H groups in total. The van der Waals surface area contributed by atoms with Crippen LogP contribution in [0.5, 0.6) is 11.5 Å². The summed E-state index contributed by atoms with van der Waals surface area (Å²) in [6.07, 6.45) is 1.31. The number of nitrogens with zero attached hydrogens (tertiary/aromatic N) is 3. The summed E-state index contributed by atoms with van der Waals surface area (Å²) < 4.78 is 10.9. The molecule has 2 aromatic rings. The summed E-state index contributed by atoms with van der Waals surface area (Å²) in [5, 5.41) is 23.3. The summed E-state index contributed by atoms with van der Waals surface area (Å²) in [5.74, 6) is 0.452. The maximum Gasteiger partial charge on any atom is 0.293 e. The number of ether oxygens (including phenoxy) is 2. The van der Waals surface area contributed by atoms with Crippen LogP contribution >= 0.6 is 0 Å². The van der Waals surface area contributed by atoms with E-state index >= 15 is 0 Å². The minimum atomic E-state index is -0.636. The number of amides is 1. The van der Waals surface area contributed by atoms with Gasteiger partial charge >= 0.3 is 0 Å². The van der Waals surface area contributed by atoms with Crippen LogP contribution in [0.15, 0.2) is 42.0 Å². The standard InChI is InChI=1S/C20H18N4O5/c1-23(2)16-5-3-13(10-17(16)24(26)27)9-14(12-21)20(25)22-15-4-6-18-19(11-15)29-8-7-28-18/h3-6,9-11H,7-8H2,1-2H3,(H,22,25)/b14-9+. The maximum atomic E-state index is 12.5. The molecule has 0 bridgehead atoms. The molecule has 2 aromatic carbocycles. The summed E-state index contributed by atoms with van der Waals surface area (Å²) in [6, 6.07) is 11.2. The zero-order chi connectivity index (χ0) is 21.0. The Labute approximate surface area is 166 Å². The second kappa shape index (κ2) is 8.31. The lowest BCUT2D eigenvalue weighted by Crippen LogP contribution is -2.17. The lowest BCUT2D eigenvalue weighted by atomic mass is 10.1. The van der Waals surface area contributed by atoms with Gasteiger partial charge in [-0.05, 0) is 29.8 Å². The van der Waals surface area contributed by atoms with Gasteiger partial charge in [-0.25, -0.2) is 0 Å². The topological polar surface area (TPSA) is 118 Å². The molecule has 0 atom stereocenters. The Kier molecular flexibility index (Phi) is 5.64. The van der Waals surface area contributed by atoms with Crippen LogP contribution in [0.25, 0.3) is 6.08 Å². The van der Waals surface area contributed by atoms with E-state index in [9.17, 15) is 20.2 Å². The molecule has 0 saturated carbocycles. The van der Waals surface area contributed by atoms with Crippen molar-refractivity contribution < 1.29 is 19.2 Å². The molecule has 0 fully saturated rings. The van der Waals surface area contributed by atoms with Gasteiger partial charge in [0.25, 0.3) is 11.6 Å². The minimum absolute atomic E-state index is 0.117. The van der Waals surface area contributed by atoms with Crippen molar-refractivity contribution in [2.24, 2.45) is 0 Å². The van der Waals surface area contributed by atoms with E-state index < -0.39 is 10.8 Å². The smallest absolute Gasteiger partial charge is 0.293 e. The fourth-order valence-corrected chi connectivity index (χ4v) is 2.79. The Balaban J connectivity index is 1.84. The van der Waals surface area contributed by atoms with Gasteiger partial charge in [0.05, 0.1) is 4.92 Å². The Hall–Kier alpha value is -4.06. The predicted molar refractivity (Wildman–Crippen MR) is 107 cm³/mol. The summed E-state index contributed by atoms with van der Waals surface area (Å²) in [5.41, 5.74) is 0.928. The molecule has 0 aromatic heterocycles. The molecule has 1 heterocycles. The van der Waals surface area contributed by atoms with Gasteiger partial charge < -0.3 is 19.7 Å². The van der Waals surface area contributed by atoms with Crippen molar-refractivity contribution in [1.82, 2.24) is 0 Å². The fraction of sp³-hybridized carbons (Fsp3) is 0.200. The van der Waals surface area contributed by atoms with Crippen LogP contribution in [-0.4, -0.2) is 38.1 Å². The lowest BCUT2D eigenvalue weighted by Gasteiger charge is -2.18. The van der Waals surface area contributed by atoms with E-state index in [0.717, 1.165) is 0 Å². The van der Waals surface area contributed by atoms with Crippen LogP contribution < -0.4 is 19.7 Å². The molecule has 3 rings (SSSR count). The van der Waals surface area contributed by atoms with Gasteiger partial charge in [0.15, 0.2) is 11.5 Å². The first-order valence-electron chi connectivity index (χ1n) is 8.67. The number of hydrogen-bond acceptors (Lipinski definition) is 7. The van der Waals surface area contributed by atoms with Crippen molar-refractivity contribution in [3.63, 3.8) is 0 Å². The van der Waals surface area contributed by atoms with Crippen molar-refractivity contribution >= 4 is 29.0 Å². The van der Waals surface area contributed by atoms with Crippen LogP contribution in [0, 0.1) is 21.4 Å². The number of anilines is 2. The number of nitro groups is 1. The first-order valence-corrected chi connectivity index (χ1v) is 8.67. The van der Waals surface area contributed by atoms with E-state index in [0.29, 0.717) is 41.7 Å². The molecule has 0 aliphatic carbocycles. The highest BCUT2D eigenvalue weighted by Gasteiger charge is 2.18. The van der Waals surface area contributed by atoms with E-state index in [2.05, 4.69) is 5.32 Å². The number of rotatable bonds is 5. The van der Waals surface area contributed by atoms with Crippen molar-refractivity contribution in [1.29, 1.82) is 5.26 Å². The fourth-order valence-electron chi connectivity index (χ4n) is 2.79. The summed E-state index contributed by atoms with van der Waals surface area (Å²) >= 11 is 0. The highest BCUT2D eigenvalue weighted by molar-refractivity contribution is 6.09. The monoisotopic (exact) mass is 394 g/mol. The van der Waals surface area contributed by atoms with Gasteiger partial charge in [-0.1, -0.05) is 6.07 Å². The molecule has 29 heavy (non-hydrogen) atoms. The van der Waals surface area contributed by atoms with E-state index in [1.54, 1.807) is 49.3 Å².